The zero-order valence-electron chi connectivity index (χ0n) is 16.6. The number of benzene rings is 1. The molecule has 3 rings (SSSR count). The normalized spacial score (nSPS) is 16.9. The Balaban J connectivity index is 0.00000261. The summed E-state index contributed by atoms with van der Waals surface area (Å²) in [4.78, 5) is 4.79. The van der Waals surface area contributed by atoms with Crippen LogP contribution >= 0.6 is 12.4 Å². The minimum atomic E-state index is -0.190. The second-order valence-electron chi connectivity index (χ2n) is 7.92. The first-order valence-electron chi connectivity index (χ1n) is 9.43. The van der Waals surface area contributed by atoms with Crippen molar-refractivity contribution in [3.8, 4) is 0 Å². The van der Waals surface area contributed by atoms with Gasteiger partial charge in [-0.05, 0) is 61.9 Å². The van der Waals surface area contributed by atoms with E-state index >= 15 is 0 Å². The quantitative estimate of drug-likeness (QED) is 0.772. The van der Waals surface area contributed by atoms with Crippen LogP contribution in [0.5, 0.6) is 0 Å². The van der Waals surface area contributed by atoms with Crippen LogP contribution in [0.15, 0.2) is 24.3 Å². The van der Waals surface area contributed by atoms with Crippen molar-refractivity contribution in [1.82, 2.24) is 25.1 Å². The van der Waals surface area contributed by atoms with E-state index in [9.17, 15) is 4.39 Å². The molecule has 150 valence electrons. The number of tetrazole rings is 1. The molecule has 2 heterocycles. The Morgan fingerprint density at radius 2 is 1.70 bits per heavy atom. The van der Waals surface area contributed by atoms with Crippen molar-refractivity contribution < 1.29 is 4.39 Å². The molecule has 0 amide bonds. The molecule has 1 aliphatic rings. The fourth-order valence-electron chi connectivity index (χ4n) is 3.57. The van der Waals surface area contributed by atoms with Crippen molar-refractivity contribution in [3.63, 3.8) is 0 Å². The summed E-state index contributed by atoms with van der Waals surface area (Å²) < 4.78 is 15.1. The summed E-state index contributed by atoms with van der Waals surface area (Å²) in [6.45, 7) is 12.3. The lowest BCUT2D eigenvalue weighted by molar-refractivity contribution is 0.156. The Morgan fingerprint density at radius 3 is 2.26 bits per heavy atom. The van der Waals surface area contributed by atoms with Crippen molar-refractivity contribution in [2.24, 2.45) is 0 Å². The van der Waals surface area contributed by atoms with Gasteiger partial charge in [-0.15, -0.1) is 17.5 Å². The number of nitrogens with zero attached hydrogens (tertiary/aromatic N) is 6. The van der Waals surface area contributed by atoms with E-state index in [2.05, 4.69) is 53.0 Å². The third-order valence-corrected chi connectivity index (χ3v) is 4.94. The van der Waals surface area contributed by atoms with Crippen LogP contribution in [0.25, 0.3) is 0 Å². The van der Waals surface area contributed by atoms with Crippen LogP contribution in [-0.4, -0.2) is 51.3 Å². The van der Waals surface area contributed by atoms with Crippen LogP contribution in [0.4, 0.5) is 10.1 Å². The maximum absolute atomic E-state index is 13.1. The van der Waals surface area contributed by atoms with E-state index < -0.39 is 0 Å². The van der Waals surface area contributed by atoms with E-state index in [0.717, 1.165) is 50.5 Å². The molecule has 1 saturated heterocycles. The highest BCUT2D eigenvalue weighted by atomic mass is 35.5. The molecule has 0 bridgehead atoms. The van der Waals surface area contributed by atoms with Gasteiger partial charge in [-0.2, -0.15) is 0 Å². The zero-order valence-corrected chi connectivity index (χ0v) is 17.4. The lowest BCUT2D eigenvalue weighted by Crippen LogP contribution is -2.48. The molecule has 0 saturated carbocycles. The maximum atomic E-state index is 13.1. The third-order valence-electron chi connectivity index (χ3n) is 4.94. The first-order chi connectivity index (χ1) is 12.4. The van der Waals surface area contributed by atoms with Gasteiger partial charge in [-0.3, -0.25) is 4.90 Å². The molecule has 1 unspecified atom stereocenters. The Morgan fingerprint density at radius 1 is 1.07 bits per heavy atom. The fraction of sp³-hybridized carbons (Fsp3) is 0.632. The number of anilines is 1. The van der Waals surface area contributed by atoms with Crippen molar-refractivity contribution in [1.29, 1.82) is 0 Å². The topological polar surface area (TPSA) is 50.1 Å². The molecule has 1 atom stereocenters. The molecule has 0 spiro atoms. The van der Waals surface area contributed by atoms with Crippen molar-refractivity contribution in [3.05, 3.63) is 35.9 Å². The van der Waals surface area contributed by atoms with Crippen LogP contribution in [0.3, 0.4) is 0 Å². The van der Waals surface area contributed by atoms with Gasteiger partial charge in [0.2, 0.25) is 0 Å². The Bertz CT molecular complexity index is 704. The summed E-state index contributed by atoms with van der Waals surface area (Å²) in [6.07, 6.45) is 2.12. The van der Waals surface area contributed by atoms with Gasteiger partial charge in [-0.1, -0.05) is 13.3 Å². The van der Waals surface area contributed by atoms with E-state index in [1.165, 1.54) is 12.1 Å². The molecule has 2 aromatic rings. The van der Waals surface area contributed by atoms with Gasteiger partial charge >= 0.3 is 0 Å². The average molecular weight is 397 g/mol. The van der Waals surface area contributed by atoms with Gasteiger partial charge in [0.25, 0.3) is 0 Å². The highest BCUT2D eigenvalue weighted by molar-refractivity contribution is 5.85. The molecule has 27 heavy (non-hydrogen) atoms. The van der Waals surface area contributed by atoms with Gasteiger partial charge < -0.3 is 4.90 Å². The predicted molar refractivity (Wildman–Crippen MR) is 108 cm³/mol. The highest BCUT2D eigenvalue weighted by Gasteiger charge is 2.31. The number of hydrogen-bond acceptors (Lipinski definition) is 5. The molecule has 8 heteroatoms. The summed E-state index contributed by atoms with van der Waals surface area (Å²) in [7, 11) is 0. The van der Waals surface area contributed by atoms with E-state index in [1.54, 1.807) is 0 Å². The molecule has 1 aromatic heterocycles. The molecule has 1 aliphatic heterocycles. The largest absolute Gasteiger partial charge is 0.369 e. The molecular formula is C19H30ClFN6. The van der Waals surface area contributed by atoms with Crippen molar-refractivity contribution in [2.45, 2.75) is 52.1 Å². The Labute approximate surface area is 167 Å². The SMILES string of the molecule is CCCC(c1nnnn1C(C)(C)C)N1CCN(c2ccc(F)cc2)CC1.Cl. The van der Waals surface area contributed by atoms with Crippen molar-refractivity contribution >= 4 is 18.1 Å². The second-order valence-corrected chi connectivity index (χ2v) is 7.92. The second kappa shape index (κ2) is 8.97. The summed E-state index contributed by atoms with van der Waals surface area (Å²) in [5.41, 5.74) is 0.943. The standard InChI is InChI=1S/C19H29FN6.ClH/c1-5-6-17(18-21-22-23-26(18)19(2,3)4)25-13-11-24(12-14-25)16-9-7-15(20)8-10-16;/h7-10,17H,5-6,11-14H2,1-4H3;1H. The number of aromatic nitrogens is 4. The number of halogens is 2. The lowest BCUT2D eigenvalue weighted by atomic mass is 10.0. The minimum absolute atomic E-state index is 0. The third kappa shape index (κ3) is 4.96. The zero-order chi connectivity index (χ0) is 18.7. The summed E-state index contributed by atoms with van der Waals surface area (Å²) >= 11 is 0. The first kappa shape index (κ1) is 21.6. The summed E-state index contributed by atoms with van der Waals surface area (Å²) in [5.74, 6) is 0.763. The van der Waals surface area contributed by atoms with Gasteiger partial charge in [-0.25, -0.2) is 9.07 Å². The summed E-state index contributed by atoms with van der Waals surface area (Å²) in [5, 5.41) is 12.6. The molecule has 1 fully saturated rings. The molecule has 0 N–H and O–H groups in total. The van der Waals surface area contributed by atoms with Crippen molar-refractivity contribution in [2.75, 3.05) is 31.1 Å². The van der Waals surface area contributed by atoms with E-state index in [1.807, 2.05) is 16.8 Å². The minimum Gasteiger partial charge on any atom is -0.369 e. The number of hydrogen-bond donors (Lipinski definition) is 0. The van der Waals surface area contributed by atoms with Gasteiger partial charge in [0, 0.05) is 31.9 Å². The van der Waals surface area contributed by atoms with Crippen LogP contribution in [0.1, 0.15) is 52.4 Å². The van der Waals surface area contributed by atoms with Crippen LogP contribution in [0, 0.1) is 5.82 Å². The molecule has 1 aromatic carbocycles. The molecular weight excluding hydrogens is 367 g/mol. The summed E-state index contributed by atoms with van der Waals surface area (Å²) in [6, 6.07) is 6.99. The Kier molecular flexibility index (Phi) is 7.17. The number of piperazine rings is 1. The number of rotatable bonds is 5. The smallest absolute Gasteiger partial charge is 0.168 e. The van der Waals surface area contributed by atoms with E-state index in [-0.39, 0.29) is 29.8 Å². The van der Waals surface area contributed by atoms with Crippen LogP contribution in [-0.2, 0) is 5.54 Å². The molecule has 6 nitrogen and oxygen atoms in total. The molecule has 0 radical (unpaired) electrons. The van der Waals surface area contributed by atoms with E-state index in [0.29, 0.717) is 0 Å². The predicted octanol–water partition coefficient (Wildman–Crippen LogP) is 3.65. The van der Waals surface area contributed by atoms with Crippen LogP contribution in [0.2, 0.25) is 0 Å². The first-order valence-corrected chi connectivity index (χ1v) is 9.43. The maximum Gasteiger partial charge on any atom is 0.168 e. The van der Waals surface area contributed by atoms with Gasteiger partial charge in [0.05, 0.1) is 11.6 Å². The van der Waals surface area contributed by atoms with E-state index in [4.69, 9.17) is 0 Å². The lowest BCUT2D eigenvalue weighted by Gasteiger charge is -2.40. The Hall–Kier alpha value is -1.73. The van der Waals surface area contributed by atoms with Gasteiger partial charge in [0.1, 0.15) is 5.82 Å². The average Bonchev–Trinajstić information content (AvgIpc) is 3.10. The molecule has 0 aliphatic carbocycles. The van der Waals surface area contributed by atoms with Crippen LogP contribution < -0.4 is 4.90 Å². The fourth-order valence-corrected chi connectivity index (χ4v) is 3.57. The highest BCUT2D eigenvalue weighted by Crippen LogP contribution is 2.29. The monoisotopic (exact) mass is 396 g/mol. The van der Waals surface area contributed by atoms with Gasteiger partial charge in [0.15, 0.2) is 5.82 Å².